The van der Waals surface area contributed by atoms with Crippen LogP contribution in [0.3, 0.4) is 0 Å². The van der Waals surface area contributed by atoms with E-state index in [0.29, 0.717) is 38.5 Å². The number of hydrogen-bond donors (Lipinski definition) is 11. The smallest absolute Gasteiger partial charge is 0.187 e. The molecule has 21 atom stereocenters. The zero-order valence-corrected chi connectivity index (χ0v) is 34.9. The van der Waals surface area contributed by atoms with Crippen LogP contribution in [-0.2, 0) is 18.9 Å². The topological polar surface area (TPSA) is 259 Å². The van der Waals surface area contributed by atoms with Crippen molar-refractivity contribution in [3.63, 3.8) is 0 Å². The molecule has 6 fully saturated rings. The molecular formula is C42H72O15. The van der Waals surface area contributed by atoms with Crippen LogP contribution in [0.5, 0.6) is 0 Å². The summed E-state index contributed by atoms with van der Waals surface area (Å²) in [5.74, 6) is -1.05. The highest BCUT2D eigenvalue weighted by atomic mass is 16.7. The van der Waals surface area contributed by atoms with Gasteiger partial charge in [-0.05, 0) is 111 Å². The number of fused-ring (bicyclic) bond motifs is 5. The molecule has 6 rings (SSSR count). The molecule has 11 N–H and O–H groups in total. The van der Waals surface area contributed by atoms with E-state index >= 15 is 0 Å². The maximum Gasteiger partial charge on any atom is 0.187 e. The Balaban J connectivity index is 1.40. The van der Waals surface area contributed by atoms with E-state index in [4.69, 9.17) is 18.9 Å². The Hall–Kier alpha value is -0.860. The lowest BCUT2D eigenvalue weighted by Gasteiger charge is -2.72. The van der Waals surface area contributed by atoms with E-state index in [9.17, 15) is 56.2 Å². The Morgan fingerprint density at radius 2 is 1.28 bits per heavy atom. The summed E-state index contributed by atoms with van der Waals surface area (Å²) in [6.07, 6.45) is -9.91. The molecule has 0 radical (unpaired) electrons. The monoisotopic (exact) mass is 816 g/mol. The number of rotatable bonds is 10. The standard InChI is InChI=1S/C42H72O15/c1-37(2,53)12-9-13-42(8,57-36-33(52)31(50)29(48)24(19-44)56-36)20-10-15-40(6)27(20)21(45)16-25-39(5)14-11-26(46)38(3,4)34(39)22(17-41(25,40)7)54-35-32(51)30(49)28(47)23(18-43)55-35/h9,12,20-36,43-53H,10-11,13-19H2,1-8H3/b12-9+/t20-,21+,22-,23+,24+,25+,26-,27-,28+,29+,30-,31-,32+,33+,34-,35+,36-,39+,40+,41+,42-/m0/s1. The van der Waals surface area contributed by atoms with Gasteiger partial charge in [0.05, 0.1) is 42.7 Å². The summed E-state index contributed by atoms with van der Waals surface area (Å²) >= 11 is 0. The van der Waals surface area contributed by atoms with Crippen LogP contribution in [0.4, 0.5) is 0 Å². The van der Waals surface area contributed by atoms with Crippen molar-refractivity contribution in [1.29, 1.82) is 0 Å². The number of hydrogen-bond acceptors (Lipinski definition) is 15. The van der Waals surface area contributed by atoms with E-state index in [1.807, 2.05) is 20.8 Å². The maximum absolute atomic E-state index is 12.6. The van der Waals surface area contributed by atoms with Gasteiger partial charge >= 0.3 is 0 Å². The van der Waals surface area contributed by atoms with E-state index in [-0.39, 0.29) is 30.1 Å². The Labute approximate surface area is 336 Å². The molecule has 2 saturated heterocycles. The normalized spacial score (nSPS) is 52.5. The molecule has 0 spiro atoms. The van der Waals surface area contributed by atoms with E-state index in [2.05, 4.69) is 20.8 Å². The van der Waals surface area contributed by atoms with Gasteiger partial charge in [-0.1, -0.05) is 46.8 Å². The van der Waals surface area contributed by atoms with E-state index in [1.165, 1.54) is 0 Å². The van der Waals surface area contributed by atoms with Gasteiger partial charge in [0.15, 0.2) is 12.6 Å². The quantitative estimate of drug-likeness (QED) is 0.103. The van der Waals surface area contributed by atoms with Crippen LogP contribution in [0, 0.1) is 45.3 Å². The van der Waals surface area contributed by atoms with Gasteiger partial charge in [-0.25, -0.2) is 0 Å². The number of ether oxygens (including phenoxy) is 4. The van der Waals surface area contributed by atoms with Gasteiger partial charge in [0.1, 0.15) is 48.8 Å². The predicted octanol–water partition coefficient (Wildman–Crippen LogP) is 0.0906. The first-order chi connectivity index (χ1) is 26.3. The van der Waals surface area contributed by atoms with Crippen LogP contribution < -0.4 is 0 Å². The summed E-state index contributed by atoms with van der Waals surface area (Å²) in [5, 5.41) is 119. The van der Waals surface area contributed by atoms with Crippen LogP contribution >= 0.6 is 0 Å². The van der Waals surface area contributed by atoms with Crippen molar-refractivity contribution < 1.29 is 75.1 Å². The third-order valence-corrected chi connectivity index (χ3v) is 16.5. The molecule has 0 aromatic heterocycles. The van der Waals surface area contributed by atoms with Crippen LogP contribution in [0.15, 0.2) is 12.2 Å². The molecule has 4 saturated carbocycles. The van der Waals surface area contributed by atoms with Gasteiger partial charge in [-0.15, -0.1) is 0 Å². The average molecular weight is 817 g/mol. The molecule has 0 unspecified atom stereocenters. The molecule has 15 heteroatoms. The molecule has 2 aliphatic heterocycles. The van der Waals surface area contributed by atoms with Crippen LogP contribution in [-0.4, -0.2) is 160 Å². The lowest BCUT2D eigenvalue weighted by Crippen LogP contribution is -2.71. The second-order valence-electron chi connectivity index (χ2n) is 20.7. The second-order valence-corrected chi connectivity index (χ2v) is 20.7. The van der Waals surface area contributed by atoms with Crippen LogP contribution in [0.25, 0.3) is 0 Å². The second kappa shape index (κ2) is 15.8. The lowest BCUT2D eigenvalue weighted by atomic mass is 9.34. The SMILES string of the molecule is CC(C)(O)/C=C/C[C@](C)(O[C@@H]1O[C@H](CO)[C@@H](O)[C@H](O)[C@H]1O)[C@H]1CC[C@]2(C)[C@@H]1[C@H](O)C[C@@H]1[C@@]3(C)CC[C@H](O)C(C)(C)[C@@H]3[C@@H](O[C@@H]3O[C@H](CO)[C@@H](O)[C@H](O)[C@H]3O)C[C@]12C. The average Bonchev–Trinajstić information content (AvgIpc) is 3.51. The molecule has 0 aromatic rings. The molecular weight excluding hydrogens is 744 g/mol. The third-order valence-electron chi connectivity index (χ3n) is 16.5. The lowest BCUT2D eigenvalue weighted by molar-refractivity contribution is -0.349. The summed E-state index contributed by atoms with van der Waals surface area (Å²) in [6, 6.07) is 0. The Bertz CT molecular complexity index is 1440. The van der Waals surface area contributed by atoms with E-state index < -0.39 is 126 Å². The predicted molar refractivity (Wildman–Crippen MR) is 204 cm³/mol. The van der Waals surface area contributed by atoms with Crippen molar-refractivity contribution in [3.8, 4) is 0 Å². The van der Waals surface area contributed by atoms with Gasteiger partial charge in [-0.3, -0.25) is 0 Å². The first kappa shape index (κ1) is 45.7. The van der Waals surface area contributed by atoms with Gasteiger partial charge in [0.25, 0.3) is 0 Å². The minimum atomic E-state index is -1.65. The number of aliphatic hydroxyl groups is 11. The molecule has 0 amide bonds. The molecule has 57 heavy (non-hydrogen) atoms. The first-order valence-corrected chi connectivity index (χ1v) is 21.0. The minimum absolute atomic E-state index is 0.0425. The van der Waals surface area contributed by atoms with Crippen LogP contribution in [0.2, 0.25) is 0 Å². The first-order valence-electron chi connectivity index (χ1n) is 21.0. The summed E-state index contributed by atoms with van der Waals surface area (Å²) in [6.45, 7) is 14.6. The molecule has 0 bridgehead atoms. The molecule has 0 aromatic carbocycles. The Morgan fingerprint density at radius 1 is 0.719 bits per heavy atom. The molecule has 15 nitrogen and oxygen atoms in total. The van der Waals surface area contributed by atoms with Crippen molar-refractivity contribution in [2.24, 2.45) is 45.3 Å². The van der Waals surface area contributed by atoms with Gasteiger partial charge in [0.2, 0.25) is 0 Å². The number of aliphatic hydroxyl groups excluding tert-OH is 10. The third kappa shape index (κ3) is 7.49. The fourth-order valence-electron chi connectivity index (χ4n) is 13.3. The molecule has 330 valence electrons. The Morgan fingerprint density at radius 3 is 1.84 bits per heavy atom. The molecule has 2 heterocycles. The van der Waals surface area contributed by atoms with Gasteiger partial charge in [0, 0.05) is 0 Å². The summed E-state index contributed by atoms with van der Waals surface area (Å²) in [7, 11) is 0. The summed E-state index contributed by atoms with van der Waals surface area (Å²) in [4.78, 5) is 0. The summed E-state index contributed by atoms with van der Waals surface area (Å²) in [5.41, 5.74) is -4.55. The maximum atomic E-state index is 12.6. The minimum Gasteiger partial charge on any atom is -0.394 e. The Kier molecular flexibility index (Phi) is 12.7. The highest BCUT2D eigenvalue weighted by molar-refractivity contribution is 5.22. The summed E-state index contributed by atoms with van der Waals surface area (Å²) < 4.78 is 25.3. The highest BCUT2D eigenvalue weighted by Gasteiger charge is 2.74. The molecule has 4 aliphatic carbocycles. The van der Waals surface area contributed by atoms with E-state index in [0.717, 1.165) is 0 Å². The largest absolute Gasteiger partial charge is 0.394 e. The van der Waals surface area contributed by atoms with Crippen molar-refractivity contribution in [2.75, 3.05) is 13.2 Å². The van der Waals surface area contributed by atoms with E-state index in [1.54, 1.807) is 26.0 Å². The highest BCUT2D eigenvalue weighted by Crippen LogP contribution is 2.76. The van der Waals surface area contributed by atoms with Crippen molar-refractivity contribution in [1.82, 2.24) is 0 Å². The fourth-order valence-corrected chi connectivity index (χ4v) is 13.3. The zero-order chi connectivity index (χ0) is 42.4. The van der Waals surface area contributed by atoms with Gasteiger partial charge in [-0.2, -0.15) is 0 Å². The zero-order valence-electron chi connectivity index (χ0n) is 34.9. The van der Waals surface area contributed by atoms with Gasteiger partial charge < -0.3 is 75.1 Å². The fraction of sp³-hybridized carbons (Fsp3) is 0.952. The van der Waals surface area contributed by atoms with Crippen molar-refractivity contribution in [2.45, 2.75) is 191 Å². The molecule has 6 aliphatic rings. The van der Waals surface area contributed by atoms with Crippen molar-refractivity contribution >= 4 is 0 Å². The van der Waals surface area contributed by atoms with Crippen LogP contribution in [0.1, 0.15) is 100 Å². The van der Waals surface area contributed by atoms with Crippen molar-refractivity contribution in [3.05, 3.63) is 12.2 Å².